The van der Waals surface area contributed by atoms with Gasteiger partial charge in [-0.1, -0.05) is 13.0 Å². The van der Waals surface area contributed by atoms with E-state index in [-0.39, 0.29) is 17.9 Å². The number of benzene rings is 2. The lowest BCUT2D eigenvalue weighted by molar-refractivity contribution is -0.128. The summed E-state index contributed by atoms with van der Waals surface area (Å²) < 4.78 is 11.9. The number of rotatable bonds is 7. The highest BCUT2D eigenvalue weighted by molar-refractivity contribution is 5.95. The van der Waals surface area contributed by atoms with E-state index in [9.17, 15) is 9.59 Å². The van der Waals surface area contributed by atoms with Gasteiger partial charge in [-0.2, -0.15) is 0 Å². The van der Waals surface area contributed by atoms with E-state index in [1.807, 2.05) is 53.6 Å². The molecule has 1 atom stereocenters. The molecule has 210 valence electrons. The molecule has 0 radical (unpaired) electrons. The zero-order chi connectivity index (χ0) is 27.5. The minimum atomic E-state index is -0.0867. The van der Waals surface area contributed by atoms with Crippen molar-refractivity contribution in [3.63, 3.8) is 0 Å². The zero-order valence-corrected chi connectivity index (χ0v) is 23.2. The number of amides is 2. The SMILES string of the molecule is C[C@H]1CC(=O)N(Cc2ccc(C(=O)NC3CCN(C4CCOCC4)CC3)cc2Oc2ccc3cnccc3c2)C1. The molecule has 0 saturated carbocycles. The molecule has 0 unspecified atom stereocenters. The van der Waals surface area contributed by atoms with E-state index in [1.54, 1.807) is 6.20 Å². The van der Waals surface area contributed by atoms with Crippen molar-refractivity contribution in [1.29, 1.82) is 0 Å². The largest absolute Gasteiger partial charge is 0.457 e. The van der Waals surface area contributed by atoms with E-state index < -0.39 is 0 Å². The van der Waals surface area contributed by atoms with Gasteiger partial charge in [0.1, 0.15) is 11.5 Å². The minimum Gasteiger partial charge on any atom is -0.457 e. The number of hydrogen-bond donors (Lipinski definition) is 1. The summed E-state index contributed by atoms with van der Waals surface area (Å²) in [5.41, 5.74) is 1.45. The zero-order valence-electron chi connectivity index (χ0n) is 23.2. The van der Waals surface area contributed by atoms with Crippen LogP contribution >= 0.6 is 0 Å². The Morgan fingerprint density at radius 2 is 1.88 bits per heavy atom. The molecule has 3 aromatic rings. The maximum atomic E-state index is 13.4. The number of aromatic nitrogens is 1. The Bertz CT molecular complexity index is 1360. The van der Waals surface area contributed by atoms with Gasteiger partial charge in [-0.05, 0) is 73.4 Å². The third-order valence-corrected chi connectivity index (χ3v) is 8.51. The Labute approximate surface area is 235 Å². The van der Waals surface area contributed by atoms with E-state index in [0.29, 0.717) is 42.0 Å². The van der Waals surface area contributed by atoms with Crippen molar-refractivity contribution in [2.24, 2.45) is 5.92 Å². The first kappa shape index (κ1) is 26.7. The van der Waals surface area contributed by atoms with Crippen LogP contribution in [0, 0.1) is 5.92 Å². The Kier molecular flexibility index (Phi) is 7.98. The smallest absolute Gasteiger partial charge is 0.251 e. The second-order valence-corrected chi connectivity index (χ2v) is 11.5. The van der Waals surface area contributed by atoms with Gasteiger partial charge in [-0.25, -0.2) is 0 Å². The van der Waals surface area contributed by atoms with Crippen LogP contribution in [-0.2, 0) is 16.1 Å². The first-order chi connectivity index (χ1) is 19.5. The number of pyridine rings is 1. The monoisotopic (exact) mass is 542 g/mol. The summed E-state index contributed by atoms with van der Waals surface area (Å²) in [5.74, 6) is 1.69. The number of nitrogens with one attached hydrogen (secondary N) is 1. The number of piperidine rings is 1. The molecule has 3 saturated heterocycles. The molecule has 4 heterocycles. The molecule has 3 aliphatic heterocycles. The molecule has 0 spiro atoms. The van der Waals surface area contributed by atoms with Crippen LogP contribution in [0.25, 0.3) is 10.8 Å². The van der Waals surface area contributed by atoms with Crippen LogP contribution in [-0.4, -0.2) is 71.5 Å². The quantitative estimate of drug-likeness (QED) is 0.463. The summed E-state index contributed by atoms with van der Waals surface area (Å²) in [6, 6.07) is 14.2. The average molecular weight is 543 g/mol. The molecular formula is C32H38N4O4. The summed E-state index contributed by atoms with van der Waals surface area (Å²) in [6.07, 6.45) is 8.25. The lowest BCUT2D eigenvalue weighted by atomic mass is 9.99. The number of carbonyl (C=O) groups is 2. The van der Waals surface area contributed by atoms with Crippen LogP contribution in [0.5, 0.6) is 11.5 Å². The van der Waals surface area contributed by atoms with Crippen molar-refractivity contribution >= 4 is 22.6 Å². The fraction of sp³-hybridized carbons (Fsp3) is 0.469. The van der Waals surface area contributed by atoms with Gasteiger partial charge in [0.2, 0.25) is 5.91 Å². The second kappa shape index (κ2) is 11.9. The molecular weight excluding hydrogens is 504 g/mol. The predicted molar refractivity (Wildman–Crippen MR) is 153 cm³/mol. The standard InChI is InChI=1S/C32H38N4O4/c1-22-16-31(37)36(20-22)21-26-3-2-24(18-30(26)40-29-5-4-25-19-33-11-6-23(25)17-29)32(38)34-27-7-12-35(13-8-27)28-9-14-39-15-10-28/h2-6,11,17-19,22,27-28H,7-10,12-16,20-21H2,1H3,(H,34,38)/t22-/m0/s1. The number of hydrogen-bond acceptors (Lipinski definition) is 6. The highest BCUT2D eigenvalue weighted by Gasteiger charge is 2.29. The molecule has 40 heavy (non-hydrogen) atoms. The molecule has 8 nitrogen and oxygen atoms in total. The molecule has 1 N–H and O–H groups in total. The summed E-state index contributed by atoms with van der Waals surface area (Å²) in [4.78, 5) is 34.5. The van der Waals surface area contributed by atoms with E-state index in [0.717, 1.165) is 74.9 Å². The highest BCUT2D eigenvalue weighted by atomic mass is 16.5. The number of nitrogens with zero attached hydrogens (tertiary/aromatic N) is 3. The summed E-state index contributed by atoms with van der Waals surface area (Å²) in [7, 11) is 0. The number of fused-ring (bicyclic) bond motifs is 1. The van der Waals surface area contributed by atoms with E-state index >= 15 is 0 Å². The topological polar surface area (TPSA) is 84.0 Å². The third-order valence-electron chi connectivity index (χ3n) is 8.51. The maximum absolute atomic E-state index is 13.4. The van der Waals surface area contributed by atoms with Crippen molar-refractivity contribution in [1.82, 2.24) is 20.1 Å². The minimum absolute atomic E-state index is 0.0867. The first-order valence-corrected chi connectivity index (χ1v) is 14.6. The van der Waals surface area contributed by atoms with Gasteiger partial charge < -0.3 is 24.6 Å². The van der Waals surface area contributed by atoms with Gasteiger partial charge in [0.25, 0.3) is 5.91 Å². The van der Waals surface area contributed by atoms with Gasteiger partial charge >= 0.3 is 0 Å². The maximum Gasteiger partial charge on any atom is 0.251 e. The molecule has 0 bridgehead atoms. The summed E-state index contributed by atoms with van der Waals surface area (Å²) in [5, 5.41) is 5.32. The molecule has 2 amide bonds. The van der Waals surface area contributed by atoms with Crippen molar-refractivity contribution in [2.75, 3.05) is 32.8 Å². The predicted octanol–water partition coefficient (Wildman–Crippen LogP) is 4.77. The highest BCUT2D eigenvalue weighted by Crippen LogP contribution is 2.31. The van der Waals surface area contributed by atoms with Crippen molar-refractivity contribution < 1.29 is 19.1 Å². The lowest BCUT2D eigenvalue weighted by Gasteiger charge is -2.39. The molecule has 2 aromatic carbocycles. The Hall–Kier alpha value is -3.49. The van der Waals surface area contributed by atoms with Crippen molar-refractivity contribution in [2.45, 2.75) is 57.7 Å². The van der Waals surface area contributed by atoms with E-state index in [1.165, 1.54) is 0 Å². The number of carbonyl (C=O) groups excluding carboxylic acids is 2. The molecule has 6 rings (SSSR count). The summed E-state index contributed by atoms with van der Waals surface area (Å²) >= 11 is 0. The van der Waals surface area contributed by atoms with Gasteiger partial charge in [-0.15, -0.1) is 0 Å². The van der Waals surface area contributed by atoms with Crippen molar-refractivity contribution in [3.05, 3.63) is 66.0 Å². The van der Waals surface area contributed by atoms with Gasteiger partial charge in [-0.3, -0.25) is 14.6 Å². The van der Waals surface area contributed by atoms with Gasteiger partial charge in [0.15, 0.2) is 0 Å². The Morgan fingerprint density at radius 1 is 1.05 bits per heavy atom. The lowest BCUT2D eigenvalue weighted by Crippen LogP contribution is -2.49. The fourth-order valence-corrected chi connectivity index (χ4v) is 6.23. The summed E-state index contributed by atoms with van der Waals surface area (Å²) in [6.45, 7) is 7.00. The first-order valence-electron chi connectivity index (χ1n) is 14.6. The van der Waals surface area contributed by atoms with Crippen LogP contribution in [0.15, 0.2) is 54.9 Å². The molecule has 0 aliphatic carbocycles. The fourth-order valence-electron chi connectivity index (χ4n) is 6.23. The van der Waals surface area contributed by atoms with Gasteiger partial charge in [0, 0.05) is 86.8 Å². The van der Waals surface area contributed by atoms with Gasteiger partial charge in [0.05, 0.1) is 0 Å². The molecule has 1 aromatic heterocycles. The Balaban J connectivity index is 1.17. The van der Waals surface area contributed by atoms with Crippen LogP contribution in [0.3, 0.4) is 0 Å². The average Bonchev–Trinajstić information content (AvgIpc) is 3.30. The van der Waals surface area contributed by atoms with Crippen molar-refractivity contribution in [3.8, 4) is 11.5 Å². The number of likely N-dealkylation sites (tertiary alicyclic amines) is 2. The molecule has 3 fully saturated rings. The number of ether oxygens (including phenoxy) is 2. The molecule has 3 aliphatic rings. The van der Waals surface area contributed by atoms with Crippen LogP contribution in [0.2, 0.25) is 0 Å². The third kappa shape index (κ3) is 6.13. The van der Waals surface area contributed by atoms with Crippen LogP contribution in [0.1, 0.15) is 54.9 Å². The molecule has 8 heteroatoms. The Morgan fingerprint density at radius 3 is 2.65 bits per heavy atom. The van der Waals surface area contributed by atoms with Crippen LogP contribution < -0.4 is 10.1 Å². The van der Waals surface area contributed by atoms with Crippen LogP contribution in [0.4, 0.5) is 0 Å². The second-order valence-electron chi connectivity index (χ2n) is 11.5. The van der Waals surface area contributed by atoms with E-state index in [4.69, 9.17) is 9.47 Å². The normalized spacial score (nSPS) is 21.2. The van der Waals surface area contributed by atoms with E-state index in [2.05, 4.69) is 22.1 Å².